The summed E-state index contributed by atoms with van der Waals surface area (Å²) in [5.41, 5.74) is 0.449. The van der Waals surface area contributed by atoms with E-state index in [0.29, 0.717) is 11.3 Å². The van der Waals surface area contributed by atoms with Crippen molar-refractivity contribution in [3.63, 3.8) is 0 Å². The number of methoxy groups -OCH3 is 1. The van der Waals surface area contributed by atoms with Gasteiger partial charge in [0.2, 0.25) is 0 Å². The van der Waals surface area contributed by atoms with Crippen LogP contribution in [0.5, 0.6) is 5.75 Å². The van der Waals surface area contributed by atoms with Crippen LogP contribution in [-0.2, 0) is 4.79 Å². The van der Waals surface area contributed by atoms with E-state index in [-0.39, 0.29) is 0 Å². The average Bonchev–Trinajstić information content (AvgIpc) is 2.27. The fourth-order valence-electron chi connectivity index (χ4n) is 1.06. The van der Waals surface area contributed by atoms with Gasteiger partial charge in [0.25, 0.3) is 0 Å². The van der Waals surface area contributed by atoms with Gasteiger partial charge in [-0.05, 0) is 17.7 Å². The van der Waals surface area contributed by atoms with Gasteiger partial charge in [0, 0.05) is 0 Å². The Bertz CT molecular complexity index is 304. The van der Waals surface area contributed by atoms with Crippen molar-refractivity contribution in [1.82, 2.24) is 0 Å². The van der Waals surface area contributed by atoms with E-state index in [0.717, 1.165) is 0 Å². The number of aliphatic hydroxyl groups is 2. The number of benzene rings is 1. The molecule has 0 aliphatic carbocycles. The van der Waals surface area contributed by atoms with Gasteiger partial charge < -0.3 is 14.9 Å². The highest BCUT2D eigenvalue weighted by Crippen LogP contribution is 2.17. The number of ether oxygens (including phenoxy) is 1. The molecule has 1 aromatic rings. The number of carbonyl (C=O) groups is 1. The molecule has 76 valence electrons. The molecule has 1 aromatic carbocycles. The molecule has 0 aliphatic rings. The maximum absolute atomic E-state index is 10.9. The van der Waals surface area contributed by atoms with Crippen molar-refractivity contribution in [3.8, 4) is 5.75 Å². The van der Waals surface area contributed by atoms with Gasteiger partial charge >= 0.3 is 0 Å². The number of hydrogen-bond acceptors (Lipinski definition) is 4. The lowest BCUT2D eigenvalue weighted by molar-refractivity contribution is -0.130. The van der Waals surface area contributed by atoms with Crippen LogP contribution in [0.2, 0.25) is 0 Å². The standard InChI is InChI=1S/C10H12O4/c1-14-8-4-2-7(3-5-8)10(13)9(12)6-11/h2-5,10-11,13H,6H2,1H3/t10-/m1/s1. The molecule has 0 radical (unpaired) electrons. The predicted molar refractivity (Wildman–Crippen MR) is 50.0 cm³/mol. The minimum Gasteiger partial charge on any atom is -0.497 e. The second-order valence-electron chi connectivity index (χ2n) is 2.80. The second-order valence-corrected chi connectivity index (χ2v) is 2.80. The molecule has 0 saturated carbocycles. The Hall–Kier alpha value is -1.39. The molecule has 0 saturated heterocycles. The maximum Gasteiger partial charge on any atom is 0.191 e. The minimum absolute atomic E-state index is 0.449. The first-order valence-corrected chi connectivity index (χ1v) is 4.14. The smallest absolute Gasteiger partial charge is 0.191 e. The fourth-order valence-corrected chi connectivity index (χ4v) is 1.06. The molecule has 0 heterocycles. The highest BCUT2D eigenvalue weighted by Gasteiger charge is 2.15. The van der Waals surface area contributed by atoms with Crippen LogP contribution in [0.1, 0.15) is 11.7 Å². The summed E-state index contributed by atoms with van der Waals surface area (Å²) in [6.45, 7) is -0.660. The second kappa shape index (κ2) is 4.74. The molecule has 1 atom stereocenters. The first kappa shape index (κ1) is 10.7. The van der Waals surface area contributed by atoms with Gasteiger partial charge in [0.1, 0.15) is 18.5 Å². The van der Waals surface area contributed by atoms with Gasteiger partial charge in [0.05, 0.1) is 7.11 Å². The van der Waals surface area contributed by atoms with Gasteiger partial charge in [-0.1, -0.05) is 12.1 Å². The summed E-state index contributed by atoms with van der Waals surface area (Å²) in [5, 5.41) is 17.9. The Morgan fingerprint density at radius 1 is 1.43 bits per heavy atom. The molecule has 2 N–H and O–H groups in total. The first-order valence-electron chi connectivity index (χ1n) is 4.14. The highest BCUT2D eigenvalue weighted by atomic mass is 16.5. The number of ketones is 1. The van der Waals surface area contributed by atoms with Crippen LogP contribution >= 0.6 is 0 Å². The van der Waals surface area contributed by atoms with Crippen LogP contribution in [0.3, 0.4) is 0 Å². The molecule has 14 heavy (non-hydrogen) atoms. The van der Waals surface area contributed by atoms with Crippen molar-refractivity contribution in [2.75, 3.05) is 13.7 Å². The Morgan fingerprint density at radius 2 is 2.00 bits per heavy atom. The summed E-state index contributed by atoms with van der Waals surface area (Å²) >= 11 is 0. The zero-order chi connectivity index (χ0) is 10.6. The van der Waals surface area contributed by atoms with Gasteiger partial charge in [-0.15, -0.1) is 0 Å². The fraction of sp³-hybridized carbons (Fsp3) is 0.300. The zero-order valence-corrected chi connectivity index (χ0v) is 7.80. The summed E-state index contributed by atoms with van der Waals surface area (Å²) in [6, 6.07) is 6.44. The van der Waals surface area contributed by atoms with Crippen molar-refractivity contribution in [1.29, 1.82) is 0 Å². The largest absolute Gasteiger partial charge is 0.497 e. The normalized spacial score (nSPS) is 12.2. The number of hydrogen-bond donors (Lipinski definition) is 2. The Labute approximate surface area is 81.8 Å². The molecule has 0 bridgehead atoms. The predicted octanol–water partition coefficient (Wildman–Crippen LogP) is 0.290. The van der Waals surface area contributed by atoms with E-state index in [2.05, 4.69) is 0 Å². The zero-order valence-electron chi connectivity index (χ0n) is 7.80. The quantitative estimate of drug-likeness (QED) is 0.726. The monoisotopic (exact) mass is 196 g/mol. The molecule has 0 spiro atoms. The van der Waals surface area contributed by atoms with E-state index >= 15 is 0 Å². The number of carbonyl (C=O) groups excluding carboxylic acids is 1. The Morgan fingerprint density at radius 3 is 2.43 bits per heavy atom. The van der Waals surface area contributed by atoms with Crippen LogP contribution < -0.4 is 4.74 Å². The number of aliphatic hydroxyl groups excluding tert-OH is 2. The van der Waals surface area contributed by atoms with E-state index in [1.54, 1.807) is 24.3 Å². The van der Waals surface area contributed by atoms with E-state index < -0.39 is 18.5 Å². The third kappa shape index (κ3) is 2.31. The Balaban J connectivity index is 2.81. The molecule has 0 amide bonds. The molecule has 0 aliphatic heterocycles. The maximum atomic E-state index is 10.9. The van der Waals surface area contributed by atoms with Crippen molar-refractivity contribution in [2.24, 2.45) is 0 Å². The topological polar surface area (TPSA) is 66.8 Å². The lowest BCUT2D eigenvalue weighted by Crippen LogP contribution is -2.15. The molecule has 1 rings (SSSR count). The third-order valence-corrected chi connectivity index (χ3v) is 1.89. The van der Waals surface area contributed by atoms with Crippen molar-refractivity contribution in [3.05, 3.63) is 29.8 Å². The Kier molecular flexibility index (Phi) is 3.62. The van der Waals surface area contributed by atoms with Crippen molar-refractivity contribution >= 4 is 5.78 Å². The first-order chi connectivity index (χ1) is 6.69. The van der Waals surface area contributed by atoms with Gasteiger partial charge in [-0.25, -0.2) is 0 Å². The lowest BCUT2D eigenvalue weighted by atomic mass is 10.1. The van der Waals surface area contributed by atoms with E-state index in [4.69, 9.17) is 9.84 Å². The summed E-state index contributed by atoms with van der Waals surface area (Å²) in [6.07, 6.45) is -1.26. The van der Waals surface area contributed by atoms with Crippen LogP contribution in [-0.4, -0.2) is 29.7 Å². The van der Waals surface area contributed by atoms with Crippen LogP contribution in [0.15, 0.2) is 24.3 Å². The van der Waals surface area contributed by atoms with Crippen molar-refractivity contribution < 1.29 is 19.7 Å². The summed E-state index contributed by atoms with van der Waals surface area (Å²) in [7, 11) is 1.53. The van der Waals surface area contributed by atoms with Gasteiger partial charge in [-0.2, -0.15) is 0 Å². The third-order valence-electron chi connectivity index (χ3n) is 1.89. The highest BCUT2D eigenvalue weighted by molar-refractivity contribution is 5.85. The molecule has 4 nitrogen and oxygen atoms in total. The van der Waals surface area contributed by atoms with E-state index in [1.807, 2.05) is 0 Å². The lowest BCUT2D eigenvalue weighted by Gasteiger charge is -2.08. The number of rotatable bonds is 4. The number of Topliss-reactive ketones (excluding diaryl/α,β-unsaturated/α-hetero) is 1. The molecule has 0 unspecified atom stereocenters. The van der Waals surface area contributed by atoms with Crippen molar-refractivity contribution in [2.45, 2.75) is 6.10 Å². The van der Waals surface area contributed by atoms with Crippen LogP contribution in [0.25, 0.3) is 0 Å². The van der Waals surface area contributed by atoms with Crippen LogP contribution in [0, 0.1) is 0 Å². The summed E-state index contributed by atoms with van der Waals surface area (Å²) in [4.78, 5) is 10.9. The minimum atomic E-state index is -1.26. The van der Waals surface area contributed by atoms with Crippen LogP contribution in [0.4, 0.5) is 0 Å². The molecular formula is C10H12O4. The van der Waals surface area contributed by atoms with E-state index in [1.165, 1.54) is 7.11 Å². The summed E-state index contributed by atoms with van der Waals surface area (Å²) in [5.74, 6) is 0.0348. The summed E-state index contributed by atoms with van der Waals surface area (Å²) < 4.78 is 4.92. The molecule has 4 heteroatoms. The van der Waals surface area contributed by atoms with E-state index in [9.17, 15) is 9.90 Å². The van der Waals surface area contributed by atoms with Gasteiger partial charge in [0.15, 0.2) is 5.78 Å². The SMILES string of the molecule is COc1ccc([C@@H](O)C(=O)CO)cc1. The average molecular weight is 196 g/mol. The molecule has 0 aromatic heterocycles. The van der Waals surface area contributed by atoms with Gasteiger partial charge in [-0.3, -0.25) is 4.79 Å². The molecular weight excluding hydrogens is 184 g/mol. The molecule has 0 fully saturated rings.